The zero-order valence-electron chi connectivity index (χ0n) is 14.9. The second kappa shape index (κ2) is 8.57. The SMILES string of the molecule is COc1ccc(OCCNC(=O)c2ccc(NS(C)(=O)=O)c(C)c2)cc1. The van der Waals surface area contributed by atoms with Gasteiger partial charge in [0.25, 0.3) is 5.91 Å². The Balaban J connectivity index is 1.84. The number of hydrogen-bond donors (Lipinski definition) is 2. The van der Waals surface area contributed by atoms with Crippen molar-refractivity contribution in [2.45, 2.75) is 6.92 Å². The fourth-order valence-corrected chi connectivity index (χ4v) is 2.86. The molecule has 0 atom stereocenters. The number of methoxy groups -OCH3 is 1. The van der Waals surface area contributed by atoms with Crippen molar-refractivity contribution in [1.29, 1.82) is 0 Å². The number of carbonyl (C=O) groups excluding carboxylic acids is 1. The Hall–Kier alpha value is -2.74. The molecule has 1 amide bonds. The van der Waals surface area contributed by atoms with Gasteiger partial charge in [-0.05, 0) is 55.0 Å². The van der Waals surface area contributed by atoms with Crippen LogP contribution in [0.4, 0.5) is 5.69 Å². The van der Waals surface area contributed by atoms with Crippen LogP contribution in [0.3, 0.4) is 0 Å². The molecule has 0 unspecified atom stereocenters. The molecular weight excluding hydrogens is 356 g/mol. The minimum absolute atomic E-state index is 0.252. The molecule has 0 aliphatic heterocycles. The number of nitrogens with one attached hydrogen (secondary N) is 2. The van der Waals surface area contributed by atoms with E-state index in [-0.39, 0.29) is 5.91 Å². The third-order valence-corrected chi connectivity index (χ3v) is 4.09. The van der Waals surface area contributed by atoms with Crippen molar-refractivity contribution in [3.05, 3.63) is 53.6 Å². The van der Waals surface area contributed by atoms with E-state index >= 15 is 0 Å². The second-order valence-electron chi connectivity index (χ2n) is 5.68. The lowest BCUT2D eigenvalue weighted by Gasteiger charge is -2.11. The minimum atomic E-state index is -3.36. The van der Waals surface area contributed by atoms with Crippen molar-refractivity contribution >= 4 is 21.6 Å². The van der Waals surface area contributed by atoms with E-state index in [1.54, 1.807) is 56.5 Å². The number of benzene rings is 2. The van der Waals surface area contributed by atoms with Gasteiger partial charge in [-0.3, -0.25) is 9.52 Å². The number of aryl methyl sites for hydroxylation is 1. The van der Waals surface area contributed by atoms with Gasteiger partial charge in [-0.1, -0.05) is 0 Å². The molecule has 0 saturated carbocycles. The van der Waals surface area contributed by atoms with E-state index in [1.165, 1.54) is 0 Å². The first kappa shape index (κ1) is 19.6. The first-order valence-electron chi connectivity index (χ1n) is 7.92. The predicted octanol–water partition coefficient (Wildman–Crippen LogP) is 2.18. The number of anilines is 1. The third-order valence-electron chi connectivity index (χ3n) is 3.50. The average Bonchev–Trinajstić information content (AvgIpc) is 2.59. The quantitative estimate of drug-likeness (QED) is 0.687. The molecule has 0 fully saturated rings. The summed E-state index contributed by atoms with van der Waals surface area (Å²) in [7, 11) is -1.76. The van der Waals surface area contributed by atoms with Gasteiger partial charge in [0.2, 0.25) is 10.0 Å². The van der Waals surface area contributed by atoms with Gasteiger partial charge in [-0.2, -0.15) is 0 Å². The molecule has 7 nitrogen and oxygen atoms in total. The van der Waals surface area contributed by atoms with Crippen LogP contribution in [-0.2, 0) is 10.0 Å². The molecule has 2 rings (SSSR count). The molecule has 2 N–H and O–H groups in total. The molecule has 0 saturated heterocycles. The first-order valence-corrected chi connectivity index (χ1v) is 9.81. The fraction of sp³-hybridized carbons (Fsp3) is 0.278. The van der Waals surface area contributed by atoms with Crippen molar-refractivity contribution < 1.29 is 22.7 Å². The van der Waals surface area contributed by atoms with Crippen LogP contribution in [0.15, 0.2) is 42.5 Å². The summed E-state index contributed by atoms with van der Waals surface area (Å²) >= 11 is 0. The molecule has 26 heavy (non-hydrogen) atoms. The number of rotatable bonds is 8. The van der Waals surface area contributed by atoms with Crippen molar-refractivity contribution in [3.63, 3.8) is 0 Å². The standard InChI is InChI=1S/C18H22N2O5S/c1-13-12-14(4-9-17(13)20-26(3,22)23)18(21)19-10-11-25-16-7-5-15(24-2)6-8-16/h4-9,12,20H,10-11H2,1-3H3,(H,19,21). The highest BCUT2D eigenvalue weighted by Crippen LogP contribution is 2.18. The van der Waals surface area contributed by atoms with Gasteiger partial charge in [-0.15, -0.1) is 0 Å². The third kappa shape index (κ3) is 5.96. The first-order chi connectivity index (χ1) is 12.3. The van der Waals surface area contributed by atoms with E-state index in [9.17, 15) is 13.2 Å². The Morgan fingerprint density at radius 1 is 1.08 bits per heavy atom. The smallest absolute Gasteiger partial charge is 0.251 e. The summed E-state index contributed by atoms with van der Waals surface area (Å²) in [4.78, 5) is 12.2. The van der Waals surface area contributed by atoms with E-state index in [0.29, 0.717) is 35.7 Å². The van der Waals surface area contributed by atoms with Gasteiger partial charge in [0.15, 0.2) is 0 Å². The van der Waals surface area contributed by atoms with Crippen molar-refractivity contribution in [2.24, 2.45) is 0 Å². The maximum Gasteiger partial charge on any atom is 0.251 e. The van der Waals surface area contributed by atoms with Crippen LogP contribution in [0.2, 0.25) is 0 Å². The van der Waals surface area contributed by atoms with E-state index in [4.69, 9.17) is 9.47 Å². The molecule has 2 aromatic carbocycles. The fourth-order valence-electron chi connectivity index (χ4n) is 2.23. The van der Waals surface area contributed by atoms with E-state index in [1.807, 2.05) is 0 Å². The molecule has 8 heteroatoms. The van der Waals surface area contributed by atoms with E-state index in [2.05, 4.69) is 10.0 Å². The summed E-state index contributed by atoms with van der Waals surface area (Å²) < 4.78 is 35.6. The monoisotopic (exact) mass is 378 g/mol. The largest absolute Gasteiger partial charge is 0.497 e. The second-order valence-corrected chi connectivity index (χ2v) is 7.43. The highest BCUT2D eigenvalue weighted by atomic mass is 32.2. The summed E-state index contributed by atoms with van der Waals surface area (Å²) in [5, 5.41) is 2.76. The number of amides is 1. The normalized spacial score (nSPS) is 10.9. The van der Waals surface area contributed by atoms with Crippen molar-refractivity contribution in [2.75, 3.05) is 31.2 Å². The van der Waals surface area contributed by atoms with Gasteiger partial charge >= 0.3 is 0 Å². The van der Waals surface area contributed by atoms with E-state index in [0.717, 1.165) is 12.0 Å². The number of ether oxygens (including phenoxy) is 2. The van der Waals surface area contributed by atoms with Crippen LogP contribution in [0.25, 0.3) is 0 Å². The van der Waals surface area contributed by atoms with Crippen LogP contribution in [0.5, 0.6) is 11.5 Å². The predicted molar refractivity (Wildman–Crippen MR) is 100 cm³/mol. The topological polar surface area (TPSA) is 93.7 Å². The molecule has 0 aromatic heterocycles. The molecule has 0 bridgehead atoms. The summed E-state index contributed by atoms with van der Waals surface area (Å²) in [5.41, 5.74) is 1.57. The molecule has 0 aliphatic rings. The lowest BCUT2D eigenvalue weighted by atomic mass is 10.1. The number of carbonyl (C=O) groups is 1. The van der Waals surface area contributed by atoms with Gasteiger partial charge in [-0.25, -0.2) is 8.42 Å². The van der Waals surface area contributed by atoms with Gasteiger partial charge < -0.3 is 14.8 Å². The van der Waals surface area contributed by atoms with Gasteiger partial charge in [0.1, 0.15) is 18.1 Å². The highest BCUT2D eigenvalue weighted by molar-refractivity contribution is 7.92. The van der Waals surface area contributed by atoms with E-state index < -0.39 is 10.0 Å². The Morgan fingerprint density at radius 2 is 1.73 bits per heavy atom. The molecule has 0 radical (unpaired) electrons. The Bertz CT molecular complexity index is 864. The molecule has 0 aliphatic carbocycles. The zero-order valence-corrected chi connectivity index (χ0v) is 15.7. The zero-order chi connectivity index (χ0) is 19.2. The lowest BCUT2D eigenvalue weighted by molar-refractivity contribution is 0.0947. The Labute approximate surface area is 153 Å². The summed E-state index contributed by atoms with van der Waals surface area (Å²) in [6.45, 7) is 2.40. The number of hydrogen-bond acceptors (Lipinski definition) is 5. The van der Waals surface area contributed by atoms with Gasteiger partial charge in [0, 0.05) is 5.56 Å². The molecule has 140 valence electrons. The van der Waals surface area contributed by atoms with Crippen LogP contribution < -0.4 is 19.5 Å². The van der Waals surface area contributed by atoms with Gasteiger partial charge in [0.05, 0.1) is 25.6 Å². The van der Waals surface area contributed by atoms with Crippen LogP contribution in [0.1, 0.15) is 15.9 Å². The maximum atomic E-state index is 12.2. The summed E-state index contributed by atoms with van der Waals surface area (Å²) in [5.74, 6) is 1.18. The summed E-state index contributed by atoms with van der Waals surface area (Å²) in [6.07, 6.45) is 1.08. The maximum absolute atomic E-state index is 12.2. The summed E-state index contributed by atoms with van der Waals surface area (Å²) in [6, 6.07) is 11.9. The minimum Gasteiger partial charge on any atom is -0.497 e. The molecule has 0 heterocycles. The van der Waals surface area contributed by atoms with Crippen LogP contribution in [0, 0.1) is 6.92 Å². The average molecular weight is 378 g/mol. The molecular formula is C18H22N2O5S. The van der Waals surface area contributed by atoms with Crippen molar-refractivity contribution in [1.82, 2.24) is 5.32 Å². The van der Waals surface area contributed by atoms with Crippen LogP contribution in [-0.4, -0.2) is 40.8 Å². The molecule has 0 spiro atoms. The number of sulfonamides is 1. The Kier molecular flexibility index (Phi) is 6.46. The Morgan fingerprint density at radius 3 is 2.31 bits per heavy atom. The highest BCUT2D eigenvalue weighted by Gasteiger charge is 2.10. The van der Waals surface area contributed by atoms with Crippen LogP contribution >= 0.6 is 0 Å². The van der Waals surface area contributed by atoms with Crippen molar-refractivity contribution in [3.8, 4) is 11.5 Å². The lowest BCUT2D eigenvalue weighted by Crippen LogP contribution is -2.28. The molecule has 2 aromatic rings.